The fraction of sp³-hybridized carbons (Fsp3) is 0.538. The summed E-state index contributed by atoms with van der Waals surface area (Å²) in [5.74, 6) is 0.958. The lowest BCUT2D eigenvalue weighted by molar-refractivity contribution is -0.203. The van der Waals surface area contributed by atoms with Crippen LogP contribution in [0.15, 0.2) is 60.7 Å². The summed E-state index contributed by atoms with van der Waals surface area (Å²) < 4.78 is 19.3. The molecule has 0 N–H and O–H groups in total. The number of hydrogen-bond acceptors (Lipinski definition) is 3. The van der Waals surface area contributed by atoms with Crippen molar-refractivity contribution in [2.45, 2.75) is 63.9 Å². The summed E-state index contributed by atoms with van der Waals surface area (Å²) in [6.45, 7) is 10.6. The maximum atomic E-state index is 7.42. The van der Waals surface area contributed by atoms with Crippen molar-refractivity contribution in [1.29, 1.82) is 0 Å². The van der Waals surface area contributed by atoms with Crippen molar-refractivity contribution in [3.63, 3.8) is 0 Å². The molecule has 3 heteroatoms. The van der Waals surface area contributed by atoms with Crippen LogP contribution in [0.5, 0.6) is 0 Å². The molecular weight excluding hydrogens is 360 g/mol. The van der Waals surface area contributed by atoms with Crippen LogP contribution < -0.4 is 0 Å². The van der Waals surface area contributed by atoms with Crippen LogP contribution in [-0.4, -0.2) is 25.4 Å². The van der Waals surface area contributed by atoms with Crippen LogP contribution in [0.25, 0.3) is 0 Å². The Hall–Kier alpha value is -1.68. The van der Waals surface area contributed by atoms with Gasteiger partial charge in [-0.25, -0.2) is 0 Å². The molecule has 3 nitrogen and oxygen atoms in total. The Morgan fingerprint density at radius 1 is 0.724 bits per heavy atom. The molecule has 0 aromatic heterocycles. The first kappa shape index (κ1) is 20.6. The topological polar surface area (TPSA) is 34.3 Å². The number of hydrogen-bond donors (Lipinski definition) is 0. The van der Waals surface area contributed by atoms with Gasteiger partial charge in [-0.15, -0.1) is 0 Å². The number of epoxide rings is 2. The van der Waals surface area contributed by atoms with E-state index in [1.54, 1.807) is 0 Å². The Kier molecular flexibility index (Phi) is 5.83. The van der Waals surface area contributed by atoms with Crippen molar-refractivity contribution < 1.29 is 14.2 Å². The van der Waals surface area contributed by atoms with E-state index in [4.69, 9.17) is 14.2 Å². The molecule has 4 atom stereocenters. The molecule has 0 amide bonds. The fourth-order valence-electron chi connectivity index (χ4n) is 4.82. The van der Waals surface area contributed by atoms with Gasteiger partial charge < -0.3 is 14.2 Å². The van der Waals surface area contributed by atoms with Gasteiger partial charge in [0.1, 0.15) is 23.4 Å². The third kappa shape index (κ3) is 4.28. The van der Waals surface area contributed by atoms with Gasteiger partial charge in [0.05, 0.1) is 13.2 Å². The molecule has 2 heterocycles. The molecular formula is C26H34O3. The summed E-state index contributed by atoms with van der Waals surface area (Å²) in [6, 6.07) is 21.4. The monoisotopic (exact) mass is 394 g/mol. The highest BCUT2D eigenvalue weighted by molar-refractivity contribution is 5.31. The van der Waals surface area contributed by atoms with Gasteiger partial charge in [-0.05, 0) is 35.8 Å². The molecule has 2 saturated heterocycles. The summed E-state index contributed by atoms with van der Waals surface area (Å²) >= 11 is 0. The van der Waals surface area contributed by atoms with Crippen molar-refractivity contribution in [3.8, 4) is 0 Å². The normalized spacial score (nSPS) is 24.9. The lowest BCUT2D eigenvalue weighted by atomic mass is 9.78. The van der Waals surface area contributed by atoms with E-state index in [-0.39, 0.29) is 12.2 Å². The van der Waals surface area contributed by atoms with Gasteiger partial charge in [0.2, 0.25) is 0 Å². The maximum absolute atomic E-state index is 7.42. The van der Waals surface area contributed by atoms with Gasteiger partial charge in [-0.2, -0.15) is 0 Å². The molecule has 2 aromatic carbocycles. The zero-order valence-corrected chi connectivity index (χ0v) is 18.1. The van der Waals surface area contributed by atoms with Gasteiger partial charge in [0.25, 0.3) is 0 Å². The quantitative estimate of drug-likeness (QED) is 0.486. The van der Waals surface area contributed by atoms with Crippen LogP contribution in [0.3, 0.4) is 0 Å². The van der Waals surface area contributed by atoms with E-state index < -0.39 is 11.2 Å². The molecule has 156 valence electrons. The van der Waals surface area contributed by atoms with Crippen LogP contribution in [0.1, 0.15) is 51.7 Å². The minimum atomic E-state index is -0.480. The number of ether oxygens (including phenoxy) is 3. The average Bonchev–Trinajstić information content (AvgIpc) is 3.59. The van der Waals surface area contributed by atoms with Gasteiger partial charge in [-0.3, -0.25) is 0 Å². The summed E-state index contributed by atoms with van der Waals surface area (Å²) in [5.41, 5.74) is 1.46. The van der Waals surface area contributed by atoms with E-state index in [1.165, 1.54) is 11.1 Å². The summed E-state index contributed by atoms with van der Waals surface area (Å²) in [7, 11) is 0. The Morgan fingerprint density at radius 3 is 1.34 bits per heavy atom. The number of rotatable bonds is 10. The van der Waals surface area contributed by atoms with Crippen molar-refractivity contribution >= 4 is 0 Å². The second kappa shape index (κ2) is 8.22. The van der Waals surface area contributed by atoms with E-state index in [0.29, 0.717) is 11.8 Å². The molecule has 0 bridgehead atoms. The highest BCUT2D eigenvalue weighted by atomic mass is 16.6. The van der Waals surface area contributed by atoms with E-state index >= 15 is 0 Å². The fourth-order valence-corrected chi connectivity index (χ4v) is 4.82. The lowest BCUT2D eigenvalue weighted by Crippen LogP contribution is -2.49. The van der Waals surface area contributed by atoms with Crippen LogP contribution in [-0.2, 0) is 25.4 Å². The maximum Gasteiger partial charge on any atom is 0.123 e. The van der Waals surface area contributed by atoms with E-state index in [0.717, 1.165) is 26.1 Å². The SMILES string of the molecule is CC(C)CC(OC(CC(C)C)(c1ccccc1)C1CO1)(c1ccccc1)C1CO1. The molecule has 4 unspecified atom stereocenters. The zero-order chi connectivity index (χ0) is 20.5. The first-order valence-electron chi connectivity index (χ1n) is 11.0. The summed E-state index contributed by atoms with van der Waals surface area (Å²) in [4.78, 5) is 0. The van der Waals surface area contributed by atoms with Gasteiger partial charge in [0, 0.05) is 0 Å². The van der Waals surface area contributed by atoms with Crippen LogP contribution in [0.4, 0.5) is 0 Å². The Bertz CT molecular complexity index is 713. The molecule has 29 heavy (non-hydrogen) atoms. The highest BCUT2D eigenvalue weighted by Crippen LogP contribution is 2.52. The Balaban J connectivity index is 1.84. The predicted octanol–water partition coefficient (Wildman–Crippen LogP) is 5.68. The number of benzene rings is 2. The Labute approximate surface area is 175 Å². The van der Waals surface area contributed by atoms with Crippen molar-refractivity contribution in [1.82, 2.24) is 0 Å². The molecule has 0 saturated carbocycles. The average molecular weight is 395 g/mol. The predicted molar refractivity (Wildman–Crippen MR) is 116 cm³/mol. The van der Waals surface area contributed by atoms with Crippen molar-refractivity contribution in [2.24, 2.45) is 11.8 Å². The first-order valence-corrected chi connectivity index (χ1v) is 11.0. The van der Waals surface area contributed by atoms with Crippen molar-refractivity contribution in [2.75, 3.05) is 13.2 Å². The van der Waals surface area contributed by atoms with Gasteiger partial charge in [-0.1, -0.05) is 88.4 Å². The zero-order valence-electron chi connectivity index (χ0n) is 18.1. The highest BCUT2D eigenvalue weighted by Gasteiger charge is 2.59. The second-order valence-electron chi connectivity index (χ2n) is 9.45. The molecule has 2 aliphatic heterocycles. The third-order valence-electron chi connectivity index (χ3n) is 6.02. The third-order valence-corrected chi connectivity index (χ3v) is 6.02. The molecule has 0 radical (unpaired) electrons. The molecule has 2 fully saturated rings. The minimum Gasteiger partial charge on any atom is -0.370 e. The largest absolute Gasteiger partial charge is 0.370 e. The van der Waals surface area contributed by atoms with Gasteiger partial charge >= 0.3 is 0 Å². The minimum absolute atomic E-state index is 0.0845. The molecule has 0 spiro atoms. The van der Waals surface area contributed by atoms with Crippen molar-refractivity contribution in [3.05, 3.63) is 71.8 Å². The van der Waals surface area contributed by atoms with Crippen LogP contribution in [0.2, 0.25) is 0 Å². The smallest absolute Gasteiger partial charge is 0.123 e. The Morgan fingerprint density at radius 2 is 1.07 bits per heavy atom. The van der Waals surface area contributed by atoms with Crippen LogP contribution in [0, 0.1) is 11.8 Å². The van der Waals surface area contributed by atoms with Crippen LogP contribution >= 0.6 is 0 Å². The van der Waals surface area contributed by atoms with E-state index in [9.17, 15) is 0 Å². The molecule has 0 aliphatic carbocycles. The molecule has 2 aromatic rings. The van der Waals surface area contributed by atoms with E-state index in [2.05, 4.69) is 88.4 Å². The summed E-state index contributed by atoms with van der Waals surface area (Å²) in [5, 5.41) is 0. The van der Waals surface area contributed by atoms with Gasteiger partial charge in [0.15, 0.2) is 0 Å². The second-order valence-corrected chi connectivity index (χ2v) is 9.45. The summed E-state index contributed by atoms with van der Waals surface area (Å²) in [6.07, 6.45) is 2.00. The molecule has 2 aliphatic rings. The van der Waals surface area contributed by atoms with E-state index in [1.807, 2.05) is 0 Å². The lowest BCUT2D eigenvalue weighted by Gasteiger charge is -2.45. The first-order chi connectivity index (χ1) is 14.0. The molecule has 4 rings (SSSR count). The standard InChI is InChI=1S/C26H34O3/c1-19(2)15-25(23-17-27-23,21-11-7-5-8-12-21)29-26(16-20(3)4,24-18-28-24)22-13-9-6-10-14-22/h5-14,19-20,23-24H,15-18H2,1-4H3.